The zero-order valence-corrected chi connectivity index (χ0v) is 18.0. The van der Waals surface area contributed by atoms with Gasteiger partial charge in [0.05, 0.1) is 6.26 Å². The smallest absolute Gasteiger partial charge is 0.289 e. The molecule has 8 heteroatoms. The minimum Gasteiger partial charge on any atom is -0.484 e. The first-order valence-corrected chi connectivity index (χ1v) is 10.5. The molecule has 0 spiro atoms. The lowest BCUT2D eigenvalue weighted by Gasteiger charge is -2.34. The minimum absolute atomic E-state index is 0.114. The van der Waals surface area contributed by atoms with Gasteiger partial charge in [-0.05, 0) is 60.7 Å². The van der Waals surface area contributed by atoms with Crippen LogP contribution in [0.1, 0.15) is 26.5 Å². The number of benzene rings is 2. The van der Waals surface area contributed by atoms with E-state index in [0.717, 1.165) is 0 Å². The standard InChI is InChI=1S/C24H21ClN2O5/c25-19-7-3-17(4-8-19)23(29)18-5-9-20(10-6-18)32-16-22(28)26-11-13-27(14-12-26)24(30)21-2-1-15-31-21/h1-10,15H,11-14,16H2. The number of carbonyl (C=O) groups excluding carboxylic acids is 3. The minimum atomic E-state index is -0.174. The third-order valence-electron chi connectivity index (χ3n) is 5.24. The molecular weight excluding hydrogens is 432 g/mol. The Balaban J connectivity index is 1.26. The largest absolute Gasteiger partial charge is 0.484 e. The van der Waals surface area contributed by atoms with Gasteiger partial charge >= 0.3 is 0 Å². The molecule has 3 aromatic rings. The molecule has 0 unspecified atom stereocenters. The van der Waals surface area contributed by atoms with Crippen LogP contribution in [0.5, 0.6) is 5.75 Å². The van der Waals surface area contributed by atoms with Crippen molar-refractivity contribution >= 4 is 29.2 Å². The lowest BCUT2D eigenvalue weighted by Crippen LogP contribution is -2.51. The van der Waals surface area contributed by atoms with Crippen LogP contribution in [0.25, 0.3) is 0 Å². The van der Waals surface area contributed by atoms with Crippen molar-refractivity contribution in [2.24, 2.45) is 0 Å². The summed E-state index contributed by atoms with van der Waals surface area (Å²) < 4.78 is 10.7. The summed E-state index contributed by atoms with van der Waals surface area (Å²) in [5.74, 6) is 0.345. The topological polar surface area (TPSA) is 80.1 Å². The average molecular weight is 453 g/mol. The number of furan rings is 1. The van der Waals surface area contributed by atoms with Crippen molar-refractivity contribution in [2.75, 3.05) is 32.8 Å². The summed E-state index contributed by atoms with van der Waals surface area (Å²) in [4.78, 5) is 40.6. The van der Waals surface area contributed by atoms with Gasteiger partial charge in [-0.15, -0.1) is 0 Å². The van der Waals surface area contributed by atoms with Crippen molar-refractivity contribution in [3.8, 4) is 5.75 Å². The highest BCUT2D eigenvalue weighted by molar-refractivity contribution is 6.30. The number of ketones is 1. The predicted octanol–water partition coefficient (Wildman–Crippen LogP) is 3.53. The summed E-state index contributed by atoms with van der Waals surface area (Å²) in [5, 5.41) is 0.570. The van der Waals surface area contributed by atoms with E-state index in [1.165, 1.54) is 6.26 Å². The molecule has 1 aliphatic rings. The van der Waals surface area contributed by atoms with Gasteiger partial charge in [-0.2, -0.15) is 0 Å². The van der Waals surface area contributed by atoms with Crippen LogP contribution in [0.3, 0.4) is 0 Å². The first-order valence-electron chi connectivity index (χ1n) is 10.1. The molecule has 2 heterocycles. The summed E-state index contributed by atoms with van der Waals surface area (Å²) >= 11 is 5.86. The second-order valence-electron chi connectivity index (χ2n) is 7.30. The number of amides is 2. The molecule has 1 fully saturated rings. The van der Waals surface area contributed by atoms with Crippen molar-refractivity contribution < 1.29 is 23.5 Å². The number of nitrogens with zero attached hydrogens (tertiary/aromatic N) is 2. The molecule has 2 aromatic carbocycles. The summed E-state index contributed by atoms with van der Waals surface area (Å²) in [6.45, 7) is 1.63. The van der Waals surface area contributed by atoms with Crippen LogP contribution < -0.4 is 4.74 Å². The Kier molecular flexibility index (Phi) is 6.56. The molecule has 0 N–H and O–H groups in total. The average Bonchev–Trinajstić information content (AvgIpc) is 3.38. The van der Waals surface area contributed by atoms with Crippen LogP contribution in [0, 0.1) is 0 Å². The number of piperazine rings is 1. The summed E-state index contributed by atoms with van der Waals surface area (Å²) in [5.41, 5.74) is 1.06. The Morgan fingerprint density at radius 2 is 1.44 bits per heavy atom. The van der Waals surface area contributed by atoms with Crippen molar-refractivity contribution in [3.05, 3.63) is 88.8 Å². The maximum atomic E-state index is 12.5. The van der Waals surface area contributed by atoms with Gasteiger partial charge in [0.2, 0.25) is 0 Å². The monoisotopic (exact) mass is 452 g/mol. The number of rotatable bonds is 6. The maximum Gasteiger partial charge on any atom is 0.289 e. The van der Waals surface area contributed by atoms with Crippen LogP contribution in [-0.2, 0) is 4.79 Å². The van der Waals surface area contributed by atoms with Gasteiger partial charge < -0.3 is 19.0 Å². The molecule has 0 atom stereocenters. The number of hydrogen-bond acceptors (Lipinski definition) is 5. The molecule has 7 nitrogen and oxygen atoms in total. The quantitative estimate of drug-likeness (QED) is 0.534. The highest BCUT2D eigenvalue weighted by Crippen LogP contribution is 2.17. The lowest BCUT2D eigenvalue weighted by molar-refractivity contribution is -0.134. The van der Waals surface area contributed by atoms with Crippen LogP contribution >= 0.6 is 11.6 Å². The summed E-state index contributed by atoms with van der Waals surface area (Å²) in [6.07, 6.45) is 1.46. The third kappa shape index (κ3) is 5.00. The van der Waals surface area contributed by atoms with Gasteiger partial charge in [0, 0.05) is 42.3 Å². The highest BCUT2D eigenvalue weighted by Gasteiger charge is 2.26. The third-order valence-corrected chi connectivity index (χ3v) is 5.49. The first kappa shape index (κ1) is 21.6. The van der Waals surface area contributed by atoms with Gasteiger partial charge in [0.1, 0.15) is 5.75 Å². The van der Waals surface area contributed by atoms with Crippen LogP contribution in [0.2, 0.25) is 5.02 Å². The van der Waals surface area contributed by atoms with Crippen molar-refractivity contribution in [1.82, 2.24) is 9.80 Å². The molecular formula is C24H21ClN2O5. The van der Waals surface area contributed by atoms with E-state index in [4.69, 9.17) is 20.8 Å². The second kappa shape index (κ2) is 9.70. The fourth-order valence-corrected chi connectivity index (χ4v) is 3.55. The molecule has 0 radical (unpaired) electrons. The fourth-order valence-electron chi connectivity index (χ4n) is 3.42. The molecule has 2 amide bonds. The number of hydrogen-bond donors (Lipinski definition) is 0. The van der Waals surface area contributed by atoms with E-state index in [-0.39, 0.29) is 24.2 Å². The summed E-state index contributed by atoms with van der Waals surface area (Å²) in [7, 11) is 0. The Morgan fingerprint density at radius 3 is 2.03 bits per heavy atom. The normalized spacial score (nSPS) is 13.7. The van der Waals surface area contributed by atoms with E-state index in [1.807, 2.05) is 0 Å². The molecule has 0 aliphatic carbocycles. The molecule has 32 heavy (non-hydrogen) atoms. The predicted molar refractivity (Wildman–Crippen MR) is 118 cm³/mol. The van der Waals surface area contributed by atoms with Gasteiger partial charge in [-0.1, -0.05) is 11.6 Å². The number of halogens is 1. The van der Waals surface area contributed by atoms with E-state index in [9.17, 15) is 14.4 Å². The molecule has 1 aromatic heterocycles. The molecule has 1 aliphatic heterocycles. The van der Waals surface area contributed by atoms with Gasteiger partial charge in [0.25, 0.3) is 11.8 Å². The summed E-state index contributed by atoms with van der Waals surface area (Å²) in [6, 6.07) is 16.6. The Bertz CT molecular complexity index is 1090. The molecule has 4 rings (SSSR count). The van der Waals surface area contributed by atoms with E-state index in [2.05, 4.69) is 0 Å². The lowest BCUT2D eigenvalue weighted by atomic mass is 10.0. The Labute approximate surface area is 190 Å². The van der Waals surface area contributed by atoms with Crippen LogP contribution in [0.4, 0.5) is 0 Å². The zero-order valence-electron chi connectivity index (χ0n) is 17.2. The fraction of sp³-hybridized carbons (Fsp3) is 0.208. The van der Waals surface area contributed by atoms with Crippen molar-refractivity contribution in [2.45, 2.75) is 0 Å². The van der Waals surface area contributed by atoms with E-state index in [0.29, 0.717) is 53.8 Å². The van der Waals surface area contributed by atoms with Crippen molar-refractivity contribution in [3.63, 3.8) is 0 Å². The first-order chi connectivity index (χ1) is 15.5. The number of ether oxygens (including phenoxy) is 1. The van der Waals surface area contributed by atoms with Crippen LogP contribution in [-0.4, -0.2) is 60.2 Å². The zero-order chi connectivity index (χ0) is 22.5. The van der Waals surface area contributed by atoms with Gasteiger partial charge in [0.15, 0.2) is 18.2 Å². The van der Waals surface area contributed by atoms with E-state index in [1.54, 1.807) is 70.5 Å². The molecule has 0 saturated carbocycles. The van der Waals surface area contributed by atoms with Gasteiger partial charge in [-0.25, -0.2) is 0 Å². The molecule has 0 bridgehead atoms. The Morgan fingerprint density at radius 1 is 0.844 bits per heavy atom. The van der Waals surface area contributed by atoms with Gasteiger partial charge in [-0.3, -0.25) is 14.4 Å². The van der Waals surface area contributed by atoms with Crippen molar-refractivity contribution in [1.29, 1.82) is 0 Å². The SMILES string of the molecule is O=C(c1ccc(Cl)cc1)c1ccc(OCC(=O)N2CCN(C(=O)c3ccco3)CC2)cc1. The van der Waals surface area contributed by atoms with E-state index < -0.39 is 0 Å². The van der Waals surface area contributed by atoms with Crippen LogP contribution in [0.15, 0.2) is 71.3 Å². The molecule has 1 saturated heterocycles. The highest BCUT2D eigenvalue weighted by atomic mass is 35.5. The molecule has 164 valence electrons. The maximum absolute atomic E-state index is 12.5. The second-order valence-corrected chi connectivity index (χ2v) is 7.74. The number of carbonyl (C=O) groups is 3. The Hall–Kier alpha value is -3.58. The van der Waals surface area contributed by atoms with E-state index >= 15 is 0 Å².